The Labute approximate surface area is 142 Å². The summed E-state index contributed by atoms with van der Waals surface area (Å²) in [7, 11) is 1.72. The lowest BCUT2D eigenvalue weighted by Crippen LogP contribution is -2.30. The predicted molar refractivity (Wildman–Crippen MR) is 96.2 cm³/mol. The molecule has 0 aliphatic carbocycles. The third-order valence-electron chi connectivity index (χ3n) is 5.04. The largest absolute Gasteiger partial charge is 0.497 e. The summed E-state index contributed by atoms with van der Waals surface area (Å²) in [5.74, 6) is 0.919. The molecule has 4 heteroatoms. The summed E-state index contributed by atoms with van der Waals surface area (Å²) in [6, 6.07) is 11.0. The highest BCUT2D eigenvalue weighted by molar-refractivity contribution is 5.84. The Morgan fingerprint density at radius 2 is 2.29 bits per heavy atom. The number of aromatic amines is 1. The van der Waals surface area contributed by atoms with Crippen molar-refractivity contribution in [3.8, 4) is 5.75 Å². The summed E-state index contributed by atoms with van der Waals surface area (Å²) in [5.41, 5.74) is 3.86. The van der Waals surface area contributed by atoms with Crippen LogP contribution in [0.15, 0.2) is 48.9 Å². The summed E-state index contributed by atoms with van der Waals surface area (Å²) in [5, 5.41) is 1.28. The third-order valence-corrected chi connectivity index (χ3v) is 5.04. The molecule has 1 aliphatic heterocycles. The van der Waals surface area contributed by atoms with Crippen molar-refractivity contribution in [3.63, 3.8) is 0 Å². The van der Waals surface area contributed by atoms with Crippen molar-refractivity contribution in [2.75, 3.05) is 13.7 Å². The fourth-order valence-electron chi connectivity index (χ4n) is 3.77. The molecule has 4 rings (SSSR count). The van der Waals surface area contributed by atoms with Gasteiger partial charge in [-0.05, 0) is 61.2 Å². The number of likely N-dealkylation sites (tertiary alicyclic amines) is 1. The molecule has 1 aromatic carbocycles. The van der Waals surface area contributed by atoms with Crippen molar-refractivity contribution in [2.45, 2.75) is 31.8 Å². The summed E-state index contributed by atoms with van der Waals surface area (Å²) in [4.78, 5) is 10.2. The fraction of sp³-hybridized carbons (Fsp3) is 0.350. The van der Waals surface area contributed by atoms with Crippen LogP contribution in [-0.2, 0) is 13.0 Å². The zero-order valence-electron chi connectivity index (χ0n) is 14.0. The van der Waals surface area contributed by atoms with E-state index in [0.717, 1.165) is 18.7 Å². The highest BCUT2D eigenvalue weighted by atomic mass is 16.5. The van der Waals surface area contributed by atoms with Gasteiger partial charge in [-0.3, -0.25) is 9.88 Å². The number of ether oxygens (including phenoxy) is 1. The van der Waals surface area contributed by atoms with Gasteiger partial charge in [0.25, 0.3) is 0 Å². The third kappa shape index (κ3) is 3.02. The Kier molecular flexibility index (Phi) is 4.22. The van der Waals surface area contributed by atoms with Gasteiger partial charge in [0, 0.05) is 42.1 Å². The van der Waals surface area contributed by atoms with E-state index >= 15 is 0 Å². The van der Waals surface area contributed by atoms with Crippen LogP contribution in [0.2, 0.25) is 0 Å². The molecular weight excluding hydrogens is 298 g/mol. The number of benzene rings is 1. The van der Waals surface area contributed by atoms with Crippen LogP contribution in [0.4, 0.5) is 0 Å². The Morgan fingerprint density at radius 1 is 1.33 bits per heavy atom. The Morgan fingerprint density at radius 3 is 3.12 bits per heavy atom. The molecule has 3 aromatic rings. The Balaban J connectivity index is 1.53. The first kappa shape index (κ1) is 15.2. The van der Waals surface area contributed by atoms with Crippen molar-refractivity contribution in [1.82, 2.24) is 14.9 Å². The van der Waals surface area contributed by atoms with Gasteiger partial charge in [0.2, 0.25) is 0 Å². The van der Waals surface area contributed by atoms with E-state index in [9.17, 15) is 0 Å². The number of H-pyrrole nitrogens is 1. The molecule has 1 N–H and O–H groups in total. The zero-order chi connectivity index (χ0) is 16.4. The number of fused-ring (bicyclic) bond motifs is 1. The minimum atomic E-state index is 0.593. The number of methoxy groups -OCH3 is 1. The monoisotopic (exact) mass is 321 g/mol. The van der Waals surface area contributed by atoms with E-state index in [4.69, 9.17) is 4.74 Å². The zero-order valence-corrected chi connectivity index (χ0v) is 14.0. The van der Waals surface area contributed by atoms with Crippen molar-refractivity contribution in [1.29, 1.82) is 0 Å². The first-order valence-electron chi connectivity index (χ1n) is 8.60. The number of aromatic nitrogens is 2. The lowest BCUT2D eigenvalue weighted by atomic mass is 10.0. The maximum absolute atomic E-state index is 5.39. The van der Waals surface area contributed by atoms with Gasteiger partial charge in [0.1, 0.15) is 5.75 Å². The lowest BCUT2D eigenvalue weighted by molar-refractivity contribution is 0.244. The second-order valence-electron chi connectivity index (χ2n) is 6.56. The molecule has 4 nitrogen and oxygen atoms in total. The molecule has 24 heavy (non-hydrogen) atoms. The summed E-state index contributed by atoms with van der Waals surface area (Å²) >= 11 is 0. The van der Waals surface area contributed by atoms with Crippen molar-refractivity contribution < 1.29 is 4.74 Å². The van der Waals surface area contributed by atoms with Gasteiger partial charge < -0.3 is 9.72 Å². The second-order valence-corrected chi connectivity index (χ2v) is 6.56. The molecule has 1 fully saturated rings. The number of nitrogens with one attached hydrogen (secondary N) is 1. The van der Waals surface area contributed by atoms with Gasteiger partial charge in [-0.15, -0.1) is 0 Å². The molecule has 1 aliphatic rings. The van der Waals surface area contributed by atoms with Crippen LogP contribution >= 0.6 is 0 Å². The van der Waals surface area contributed by atoms with Crippen LogP contribution in [0.1, 0.15) is 24.0 Å². The number of hydrogen-bond donors (Lipinski definition) is 1. The van der Waals surface area contributed by atoms with Crippen molar-refractivity contribution >= 4 is 10.9 Å². The molecule has 2 aromatic heterocycles. The topological polar surface area (TPSA) is 41.1 Å². The van der Waals surface area contributed by atoms with Crippen LogP contribution in [0.3, 0.4) is 0 Å². The maximum atomic E-state index is 5.39. The lowest BCUT2D eigenvalue weighted by Gasteiger charge is -2.24. The summed E-state index contributed by atoms with van der Waals surface area (Å²) in [6.07, 6.45) is 9.59. The molecule has 0 spiro atoms. The van der Waals surface area contributed by atoms with Crippen molar-refractivity contribution in [3.05, 3.63) is 60.0 Å². The number of nitrogens with zero attached hydrogens (tertiary/aromatic N) is 2. The van der Waals surface area contributed by atoms with Gasteiger partial charge in [0.05, 0.1) is 7.11 Å². The van der Waals surface area contributed by atoms with Gasteiger partial charge in [-0.2, -0.15) is 0 Å². The van der Waals surface area contributed by atoms with E-state index in [1.807, 2.05) is 24.5 Å². The van der Waals surface area contributed by atoms with E-state index in [2.05, 4.69) is 39.3 Å². The molecule has 3 heterocycles. The molecule has 1 saturated heterocycles. The number of rotatable bonds is 5. The molecule has 0 saturated carbocycles. The SMILES string of the molecule is COc1ccc2[nH]cc(CC3CCCN3Cc3cccnc3)c2c1. The molecular formula is C20H23N3O. The van der Waals surface area contributed by atoms with E-state index in [-0.39, 0.29) is 0 Å². The average Bonchev–Trinajstić information content (AvgIpc) is 3.23. The predicted octanol–water partition coefficient (Wildman–Crippen LogP) is 3.78. The maximum Gasteiger partial charge on any atom is 0.119 e. The van der Waals surface area contributed by atoms with Crippen LogP contribution in [-0.4, -0.2) is 34.6 Å². The Bertz CT molecular complexity index is 812. The number of pyridine rings is 1. The highest BCUT2D eigenvalue weighted by Crippen LogP contribution is 2.28. The van der Waals surface area contributed by atoms with E-state index < -0.39 is 0 Å². The standard InChI is InChI=1S/C20H23N3O/c1-24-18-6-7-20-19(11-18)16(13-22-20)10-17-5-3-9-23(17)14-15-4-2-8-21-12-15/h2,4,6-8,11-13,17,22H,3,5,9-10,14H2,1H3. The normalized spacial score (nSPS) is 18.3. The van der Waals surface area contributed by atoms with Gasteiger partial charge >= 0.3 is 0 Å². The minimum absolute atomic E-state index is 0.593. The van der Waals surface area contributed by atoms with E-state index in [0.29, 0.717) is 6.04 Å². The fourth-order valence-corrected chi connectivity index (χ4v) is 3.77. The van der Waals surface area contributed by atoms with Crippen LogP contribution in [0, 0.1) is 0 Å². The van der Waals surface area contributed by atoms with Gasteiger partial charge in [0.15, 0.2) is 0 Å². The smallest absolute Gasteiger partial charge is 0.119 e. The van der Waals surface area contributed by atoms with Crippen LogP contribution in [0.25, 0.3) is 10.9 Å². The quantitative estimate of drug-likeness (QED) is 0.777. The van der Waals surface area contributed by atoms with E-state index in [1.165, 1.54) is 41.4 Å². The minimum Gasteiger partial charge on any atom is -0.497 e. The second kappa shape index (κ2) is 6.65. The molecule has 1 unspecified atom stereocenters. The molecule has 0 bridgehead atoms. The van der Waals surface area contributed by atoms with Crippen molar-refractivity contribution in [2.24, 2.45) is 0 Å². The first-order chi connectivity index (χ1) is 11.8. The van der Waals surface area contributed by atoms with Crippen LogP contribution in [0.5, 0.6) is 5.75 Å². The van der Waals surface area contributed by atoms with E-state index in [1.54, 1.807) is 7.11 Å². The highest BCUT2D eigenvalue weighted by Gasteiger charge is 2.25. The van der Waals surface area contributed by atoms with Crippen LogP contribution < -0.4 is 4.74 Å². The molecule has 0 amide bonds. The first-order valence-corrected chi connectivity index (χ1v) is 8.60. The number of hydrogen-bond acceptors (Lipinski definition) is 3. The summed E-state index contributed by atoms with van der Waals surface area (Å²) < 4.78 is 5.39. The molecule has 0 radical (unpaired) electrons. The summed E-state index contributed by atoms with van der Waals surface area (Å²) in [6.45, 7) is 2.16. The molecule has 1 atom stereocenters. The Hall–Kier alpha value is -2.33. The molecule has 124 valence electrons. The van der Waals surface area contributed by atoms with Gasteiger partial charge in [-0.1, -0.05) is 6.07 Å². The van der Waals surface area contributed by atoms with Gasteiger partial charge in [-0.25, -0.2) is 0 Å². The average molecular weight is 321 g/mol.